The van der Waals surface area contributed by atoms with Gasteiger partial charge in [0.2, 0.25) is 11.8 Å². The summed E-state index contributed by atoms with van der Waals surface area (Å²) in [5.41, 5.74) is 6.28. The number of nitriles is 1. The number of hydrogen-bond acceptors (Lipinski definition) is 3. The highest BCUT2D eigenvalue weighted by atomic mass is 19.1. The highest BCUT2D eigenvalue weighted by Gasteiger charge is 2.15. The molecule has 0 saturated carbocycles. The third-order valence-electron chi connectivity index (χ3n) is 3.25. The fourth-order valence-electron chi connectivity index (χ4n) is 2.01. The molecule has 3 N–H and O–H groups in total. The fourth-order valence-corrected chi connectivity index (χ4v) is 2.01. The van der Waals surface area contributed by atoms with Crippen LogP contribution in [0.1, 0.15) is 27.5 Å². The molecule has 0 fully saturated rings. The van der Waals surface area contributed by atoms with Gasteiger partial charge in [-0.05, 0) is 29.8 Å². The SMILES string of the molecule is N#CC(NC(=O)C=Cc1ccc(C(N)=O)cc1)c1ccccc1F. The topological polar surface area (TPSA) is 96.0 Å². The van der Waals surface area contributed by atoms with Crippen LogP contribution in [0.4, 0.5) is 4.39 Å². The number of halogens is 1. The van der Waals surface area contributed by atoms with E-state index in [-0.39, 0.29) is 5.56 Å². The Labute approximate surface area is 138 Å². The molecule has 1 atom stereocenters. The van der Waals surface area contributed by atoms with Gasteiger partial charge in [-0.2, -0.15) is 5.26 Å². The largest absolute Gasteiger partial charge is 0.366 e. The van der Waals surface area contributed by atoms with Crippen LogP contribution in [0.15, 0.2) is 54.6 Å². The monoisotopic (exact) mass is 323 g/mol. The van der Waals surface area contributed by atoms with Crippen LogP contribution in [0.3, 0.4) is 0 Å². The van der Waals surface area contributed by atoms with Crippen LogP contribution in [0, 0.1) is 17.1 Å². The van der Waals surface area contributed by atoms with E-state index in [0.29, 0.717) is 11.1 Å². The van der Waals surface area contributed by atoms with E-state index in [1.54, 1.807) is 18.2 Å². The summed E-state index contributed by atoms with van der Waals surface area (Å²) in [5, 5.41) is 11.5. The summed E-state index contributed by atoms with van der Waals surface area (Å²) in [6.45, 7) is 0. The van der Waals surface area contributed by atoms with Crippen molar-refractivity contribution in [1.82, 2.24) is 5.32 Å². The van der Waals surface area contributed by atoms with E-state index in [9.17, 15) is 14.0 Å². The van der Waals surface area contributed by atoms with Gasteiger partial charge in [0.25, 0.3) is 0 Å². The van der Waals surface area contributed by atoms with E-state index >= 15 is 0 Å². The number of rotatable bonds is 5. The smallest absolute Gasteiger partial charge is 0.248 e. The summed E-state index contributed by atoms with van der Waals surface area (Å²) < 4.78 is 13.7. The Hall–Kier alpha value is -3.46. The molecule has 2 aromatic carbocycles. The summed E-state index contributed by atoms with van der Waals surface area (Å²) in [7, 11) is 0. The molecule has 6 heteroatoms. The summed E-state index contributed by atoms with van der Waals surface area (Å²) in [5.74, 6) is -1.64. The second-order valence-corrected chi connectivity index (χ2v) is 4.91. The van der Waals surface area contributed by atoms with Crippen LogP contribution in [0.2, 0.25) is 0 Å². The molecule has 2 aromatic rings. The average molecular weight is 323 g/mol. The molecule has 0 radical (unpaired) electrons. The van der Waals surface area contributed by atoms with Crippen molar-refractivity contribution in [2.24, 2.45) is 5.73 Å². The van der Waals surface area contributed by atoms with Gasteiger partial charge in [-0.3, -0.25) is 9.59 Å². The first-order valence-electron chi connectivity index (χ1n) is 7.03. The van der Waals surface area contributed by atoms with Crippen molar-refractivity contribution in [1.29, 1.82) is 5.26 Å². The lowest BCUT2D eigenvalue weighted by molar-refractivity contribution is -0.116. The highest BCUT2D eigenvalue weighted by Crippen LogP contribution is 2.16. The minimum absolute atomic E-state index is 0.104. The van der Waals surface area contributed by atoms with E-state index < -0.39 is 23.7 Å². The number of hydrogen-bond donors (Lipinski definition) is 2. The van der Waals surface area contributed by atoms with Gasteiger partial charge in [-0.15, -0.1) is 0 Å². The molecule has 0 heterocycles. The highest BCUT2D eigenvalue weighted by molar-refractivity contribution is 5.94. The number of primary amides is 1. The fraction of sp³-hybridized carbons (Fsp3) is 0.0556. The lowest BCUT2D eigenvalue weighted by Crippen LogP contribution is -2.26. The van der Waals surface area contributed by atoms with Crippen molar-refractivity contribution in [2.45, 2.75) is 6.04 Å². The van der Waals surface area contributed by atoms with Crippen LogP contribution in [-0.2, 0) is 4.79 Å². The first kappa shape index (κ1) is 16.9. The quantitative estimate of drug-likeness (QED) is 0.826. The van der Waals surface area contributed by atoms with Crippen LogP contribution >= 0.6 is 0 Å². The normalized spacial score (nSPS) is 11.7. The van der Waals surface area contributed by atoms with E-state index in [1.807, 2.05) is 6.07 Å². The molecule has 0 aliphatic rings. The molecule has 120 valence electrons. The Bertz CT molecular complexity index is 823. The maximum Gasteiger partial charge on any atom is 0.248 e. The second-order valence-electron chi connectivity index (χ2n) is 4.91. The Kier molecular flexibility index (Phi) is 5.42. The zero-order valence-electron chi connectivity index (χ0n) is 12.6. The van der Waals surface area contributed by atoms with Gasteiger partial charge in [0.1, 0.15) is 11.9 Å². The molecule has 2 rings (SSSR count). The Morgan fingerprint density at radius 2 is 1.83 bits per heavy atom. The molecule has 24 heavy (non-hydrogen) atoms. The average Bonchev–Trinajstić information content (AvgIpc) is 2.59. The van der Waals surface area contributed by atoms with Crippen molar-refractivity contribution in [3.05, 3.63) is 77.1 Å². The van der Waals surface area contributed by atoms with E-state index in [0.717, 1.165) is 0 Å². The molecule has 0 bridgehead atoms. The van der Waals surface area contributed by atoms with E-state index in [2.05, 4.69) is 5.32 Å². The lowest BCUT2D eigenvalue weighted by Gasteiger charge is -2.11. The van der Waals surface area contributed by atoms with Gasteiger partial charge >= 0.3 is 0 Å². The number of carbonyl (C=O) groups is 2. The molecule has 5 nitrogen and oxygen atoms in total. The van der Waals surface area contributed by atoms with Gasteiger partial charge in [-0.25, -0.2) is 4.39 Å². The molecule has 0 spiro atoms. The van der Waals surface area contributed by atoms with Crippen molar-refractivity contribution in [3.8, 4) is 6.07 Å². The number of nitrogens with two attached hydrogens (primary N) is 1. The standard InChI is InChI=1S/C18H14FN3O2/c19-15-4-2-1-3-14(15)16(11-20)22-17(23)10-7-12-5-8-13(9-6-12)18(21)24/h1-10,16H,(H2,21,24)(H,22,23). The van der Waals surface area contributed by atoms with E-state index in [4.69, 9.17) is 11.0 Å². The number of nitrogens with zero attached hydrogens (tertiary/aromatic N) is 1. The summed E-state index contributed by atoms with van der Waals surface area (Å²) in [6, 6.07) is 12.9. The number of benzene rings is 2. The van der Waals surface area contributed by atoms with E-state index in [1.165, 1.54) is 42.5 Å². The second kappa shape index (κ2) is 7.70. The summed E-state index contributed by atoms with van der Waals surface area (Å²) in [6.07, 6.45) is 2.74. The van der Waals surface area contributed by atoms with Crippen molar-refractivity contribution >= 4 is 17.9 Å². The minimum atomic E-state index is -1.08. The van der Waals surface area contributed by atoms with Gasteiger partial charge in [-0.1, -0.05) is 30.3 Å². The van der Waals surface area contributed by atoms with Crippen molar-refractivity contribution < 1.29 is 14.0 Å². The number of nitrogens with one attached hydrogen (secondary N) is 1. The molecule has 0 aliphatic carbocycles. The molecule has 0 aliphatic heterocycles. The van der Waals surface area contributed by atoms with Crippen LogP contribution in [0.25, 0.3) is 6.08 Å². The van der Waals surface area contributed by atoms with Gasteiger partial charge < -0.3 is 11.1 Å². The Balaban J connectivity index is 2.05. The van der Waals surface area contributed by atoms with Crippen LogP contribution in [-0.4, -0.2) is 11.8 Å². The molecule has 1 unspecified atom stereocenters. The summed E-state index contributed by atoms with van der Waals surface area (Å²) in [4.78, 5) is 22.9. The molecule has 2 amide bonds. The molecule has 0 saturated heterocycles. The number of amides is 2. The van der Waals surface area contributed by atoms with Gasteiger partial charge in [0, 0.05) is 17.2 Å². The van der Waals surface area contributed by atoms with Gasteiger partial charge in [0.05, 0.1) is 6.07 Å². The molecular formula is C18H14FN3O2. The first-order chi connectivity index (χ1) is 11.5. The van der Waals surface area contributed by atoms with Gasteiger partial charge in [0.15, 0.2) is 0 Å². The predicted molar refractivity (Wildman–Crippen MR) is 86.9 cm³/mol. The third kappa shape index (κ3) is 4.27. The summed E-state index contributed by atoms with van der Waals surface area (Å²) >= 11 is 0. The molecular weight excluding hydrogens is 309 g/mol. The maximum absolute atomic E-state index is 13.7. The number of carbonyl (C=O) groups excluding carboxylic acids is 2. The molecule has 0 aromatic heterocycles. The predicted octanol–water partition coefficient (Wildman–Crippen LogP) is 2.32. The van der Waals surface area contributed by atoms with Crippen LogP contribution in [0.5, 0.6) is 0 Å². The maximum atomic E-state index is 13.7. The van der Waals surface area contributed by atoms with Crippen LogP contribution < -0.4 is 11.1 Å². The van der Waals surface area contributed by atoms with Crippen molar-refractivity contribution in [3.63, 3.8) is 0 Å². The minimum Gasteiger partial charge on any atom is -0.366 e. The van der Waals surface area contributed by atoms with Crippen molar-refractivity contribution in [2.75, 3.05) is 0 Å². The Morgan fingerprint density at radius 1 is 1.17 bits per heavy atom. The zero-order chi connectivity index (χ0) is 17.5. The third-order valence-corrected chi connectivity index (χ3v) is 3.25. The first-order valence-corrected chi connectivity index (χ1v) is 7.03. The zero-order valence-corrected chi connectivity index (χ0v) is 12.6. The lowest BCUT2D eigenvalue weighted by atomic mass is 10.1. The Morgan fingerprint density at radius 3 is 2.42 bits per heavy atom.